The summed E-state index contributed by atoms with van der Waals surface area (Å²) in [5, 5.41) is 5.42. The van der Waals surface area contributed by atoms with Crippen molar-refractivity contribution in [1.29, 1.82) is 0 Å². The van der Waals surface area contributed by atoms with E-state index in [0.717, 1.165) is 14.8 Å². The van der Waals surface area contributed by atoms with E-state index in [0.29, 0.717) is 10.7 Å². The number of carbonyl (C=O) groups excluding carboxylic acids is 2. The Morgan fingerprint density at radius 3 is 2.79 bits per heavy atom. The SMILES string of the molecule is CC(NC(=O)CNC(=O)c1ccc(Br)s1)c1nc2ccccc2[nH]1. The largest absolute Gasteiger partial charge is 0.345 e. The molecule has 2 heterocycles. The van der Waals surface area contributed by atoms with Crippen molar-refractivity contribution in [1.82, 2.24) is 20.6 Å². The summed E-state index contributed by atoms with van der Waals surface area (Å²) >= 11 is 4.62. The number of imidazole rings is 1. The first-order valence-corrected chi connectivity index (χ1v) is 8.91. The molecule has 3 aromatic rings. The van der Waals surface area contributed by atoms with Crippen LogP contribution in [0.5, 0.6) is 0 Å². The standard InChI is InChI=1S/C16H15BrN4O2S/c1-9(15-20-10-4-2-3-5-11(10)21-15)19-14(22)8-18-16(23)12-6-7-13(17)24-12/h2-7,9H,8H2,1H3,(H,18,23)(H,19,22)(H,20,21). The van der Waals surface area contributed by atoms with Crippen LogP contribution in [-0.2, 0) is 4.79 Å². The third-order valence-electron chi connectivity index (χ3n) is 3.40. The highest BCUT2D eigenvalue weighted by molar-refractivity contribution is 9.11. The summed E-state index contributed by atoms with van der Waals surface area (Å²) in [4.78, 5) is 32.1. The second-order valence-corrected chi connectivity index (χ2v) is 7.68. The highest BCUT2D eigenvalue weighted by Gasteiger charge is 2.15. The van der Waals surface area contributed by atoms with Crippen LogP contribution in [0.3, 0.4) is 0 Å². The van der Waals surface area contributed by atoms with Crippen molar-refractivity contribution >= 4 is 50.1 Å². The van der Waals surface area contributed by atoms with Crippen molar-refractivity contribution in [2.24, 2.45) is 0 Å². The van der Waals surface area contributed by atoms with Crippen molar-refractivity contribution in [3.63, 3.8) is 0 Å². The predicted molar refractivity (Wildman–Crippen MR) is 97.0 cm³/mol. The number of nitrogens with one attached hydrogen (secondary N) is 3. The smallest absolute Gasteiger partial charge is 0.261 e. The average Bonchev–Trinajstić information content (AvgIpc) is 3.18. The number of thiophene rings is 1. The molecule has 3 rings (SSSR count). The molecule has 3 N–H and O–H groups in total. The molecular formula is C16H15BrN4O2S. The summed E-state index contributed by atoms with van der Waals surface area (Å²) in [6.07, 6.45) is 0. The number of aromatic amines is 1. The zero-order valence-corrected chi connectivity index (χ0v) is 15.2. The van der Waals surface area contributed by atoms with Gasteiger partial charge in [-0.15, -0.1) is 11.3 Å². The van der Waals surface area contributed by atoms with Gasteiger partial charge in [0.1, 0.15) is 5.82 Å². The van der Waals surface area contributed by atoms with E-state index >= 15 is 0 Å². The van der Waals surface area contributed by atoms with E-state index in [4.69, 9.17) is 0 Å². The average molecular weight is 407 g/mol. The van der Waals surface area contributed by atoms with E-state index in [2.05, 4.69) is 36.5 Å². The molecule has 8 heteroatoms. The molecule has 0 radical (unpaired) electrons. The Labute approximate surface area is 150 Å². The summed E-state index contributed by atoms with van der Waals surface area (Å²) < 4.78 is 0.871. The van der Waals surface area contributed by atoms with E-state index in [-0.39, 0.29) is 24.4 Å². The lowest BCUT2D eigenvalue weighted by atomic mass is 10.3. The lowest BCUT2D eigenvalue weighted by Crippen LogP contribution is -2.38. The summed E-state index contributed by atoms with van der Waals surface area (Å²) in [7, 11) is 0. The zero-order valence-electron chi connectivity index (χ0n) is 12.8. The highest BCUT2D eigenvalue weighted by Crippen LogP contribution is 2.21. The van der Waals surface area contributed by atoms with E-state index in [1.165, 1.54) is 11.3 Å². The monoisotopic (exact) mass is 406 g/mol. The summed E-state index contributed by atoms with van der Waals surface area (Å²) in [6, 6.07) is 10.9. The van der Waals surface area contributed by atoms with Crippen LogP contribution >= 0.6 is 27.3 Å². The molecule has 1 aromatic carbocycles. The molecule has 0 bridgehead atoms. The lowest BCUT2D eigenvalue weighted by Gasteiger charge is -2.11. The maximum Gasteiger partial charge on any atom is 0.261 e. The Morgan fingerprint density at radius 1 is 1.29 bits per heavy atom. The second-order valence-electron chi connectivity index (χ2n) is 5.21. The third kappa shape index (κ3) is 3.82. The van der Waals surface area contributed by atoms with E-state index < -0.39 is 0 Å². The maximum atomic E-state index is 12.0. The van der Waals surface area contributed by atoms with Crippen LogP contribution in [0.4, 0.5) is 0 Å². The normalized spacial score (nSPS) is 12.1. The van der Waals surface area contributed by atoms with Gasteiger partial charge in [-0.1, -0.05) is 12.1 Å². The van der Waals surface area contributed by atoms with Crippen LogP contribution in [0.25, 0.3) is 11.0 Å². The molecule has 0 aliphatic carbocycles. The molecule has 0 aliphatic heterocycles. The maximum absolute atomic E-state index is 12.0. The molecule has 6 nitrogen and oxygen atoms in total. The minimum absolute atomic E-state index is 0.0844. The van der Waals surface area contributed by atoms with Gasteiger partial charge in [0.2, 0.25) is 5.91 Å². The number of hydrogen-bond acceptors (Lipinski definition) is 4. The van der Waals surface area contributed by atoms with Gasteiger partial charge in [-0.2, -0.15) is 0 Å². The first-order valence-electron chi connectivity index (χ1n) is 7.30. The number of para-hydroxylation sites is 2. The van der Waals surface area contributed by atoms with Gasteiger partial charge >= 0.3 is 0 Å². The predicted octanol–water partition coefficient (Wildman–Crippen LogP) is 2.99. The first-order chi connectivity index (χ1) is 11.5. The van der Waals surface area contributed by atoms with E-state index in [1.807, 2.05) is 31.2 Å². The topological polar surface area (TPSA) is 86.9 Å². The molecule has 0 saturated carbocycles. The molecule has 0 fully saturated rings. The first kappa shape index (κ1) is 16.7. The Morgan fingerprint density at radius 2 is 2.08 bits per heavy atom. The molecule has 1 unspecified atom stereocenters. The van der Waals surface area contributed by atoms with Gasteiger partial charge in [-0.25, -0.2) is 4.98 Å². The fourth-order valence-electron chi connectivity index (χ4n) is 2.22. The summed E-state index contributed by atoms with van der Waals surface area (Å²) in [5.41, 5.74) is 1.77. The number of aromatic nitrogens is 2. The molecule has 24 heavy (non-hydrogen) atoms. The number of benzene rings is 1. The van der Waals surface area contributed by atoms with Gasteiger partial charge in [0.05, 0.1) is 32.3 Å². The fraction of sp³-hybridized carbons (Fsp3) is 0.188. The third-order valence-corrected chi connectivity index (χ3v) is 5.02. The minimum atomic E-state index is -0.280. The van der Waals surface area contributed by atoms with Crippen LogP contribution < -0.4 is 10.6 Å². The summed E-state index contributed by atoms with van der Waals surface area (Å²) in [5.74, 6) is 0.141. The Kier molecular flexibility index (Phi) is 4.96. The number of amides is 2. The quantitative estimate of drug-likeness (QED) is 0.608. The highest BCUT2D eigenvalue weighted by atomic mass is 79.9. The number of rotatable bonds is 5. The van der Waals surface area contributed by atoms with Crippen molar-refractivity contribution in [2.75, 3.05) is 6.54 Å². The molecule has 2 amide bonds. The number of nitrogens with zero attached hydrogens (tertiary/aromatic N) is 1. The van der Waals surface area contributed by atoms with Crippen molar-refractivity contribution in [3.05, 3.63) is 50.9 Å². The van der Waals surface area contributed by atoms with Crippen LogP contribution in [0.2, 0.25) is 0 Å². The van der Waals surface area contributed by atoms with Crippen molar-refractivity contribution in [2.45, 2.75) is 13.0 Å². The van der Waals surface area contributed by atoms with Crippen LogP contribution in [0, 0.1) is 0 Å². The van der Waals surface area contributed by atoms with Gasteiger partial charge in [0.25, 0.3) is 5.91 Å². The molecule has 124 valence electrons. The number of fused-ring (bicyclic) bond motifs is 1. The zero-order chi connectivity index (χ0) is 17.1. The van der Waals surface area contributed by atoms with Gasteiger partial charge in [-0.05, 0) is 47.1 Å². The Hall–Kier alpha value is -2.19. The number of halogens is 1. The second kappa shape index (κ2) is 7.14. The van der Waals surface area contributed by atoms with Crippen molar-refractivity contribution < 1.29 is 9.59 Å². The van der Waals surface area contributed by atoms with E-state index in [9.17, 15) is 9.59 Å². The van der Waals surface area contributed by atoms with E-state index in [1.54, 1.807) is 12.1 Å². The van der Waals surface area contributed by atoms with Gasteiger partial charge in [-0.3, -0.25) is 9.59 Å². The van der Waals surface area contributed by atoms with Crippen LogP contribution in [0.15, 0.2) is 40.2 Å². The molecule has 1 atom stereocenters. The Bertz CT molecular complexity index is 856. The van der Waals surface area contributed by atoms with Gasteiger partial charge in [0.15, 0.2) is 0 Å². The van der Waals surface area contributed by atoms with Crippen LogP contribution in [0.1, 0.15) is 28.5 Å². The molecule has 2 aromatic heterocycles. The van der Waals surface area contributed by atoms with Crippen LogP contribution in [-0.4, -0.2) is 28.3 Å². The van der Waals surface area contributed by atoms with Gasteiger partial charge in [0, 0.05) is 0 Å². The molecule has 0 spiro atoms. The molecule has 0 saturated heterocycles. The van der Waals surface area contributed by atoms with Crippen molar-refractivity contribution in [3.8, 4) is 0 Å². The number of hydrogen-bond donors (Lipinski definition) is 3. The minimum Gasteiger partial charge on any atom is -0.345 e. The lowest BCUT2D eigenvalue weighted by molar-refractivity contribution is -0.120. The Balaban J connectivity index is 1.55. The number of H-pyrrole nitrogens is 1. The molecule has 0 aliphatic rings. The molecular weight excluding hydrogens is 392 g/mol. The summed E-state index contributed by atoms with van der Waals surface area (Å²) in [6.45, 7) is 1.76. The fourth-order valence-corrected chi connectivity index (χ4v) is 3.52. The number of carbonyl (C=O) groups is 2. The van der Waals surface area contributed by atoms with Gasteiger partial charge < -0.3 is 15.6 Å².